The monoisotopic (exact) mass is 323 g/mol. The lowest BCUT2D eigenvalue weighted by Crippen LogP contribution is -2.34. The van der Waals surface area contributed by atoms with Crippen LogP contribution in [-0.4, -0.2) is 44.4 Å². The third kappa shape index (κ3) is 8.67. The van der Waals surface area contributed by atoms with Crippen molar-refractivity contribution < 1.29 is 19.1 Å². The number of nitrogens with one attached hydrogen (secondary N) is 3. The van der Waals surface area contributed by atoms with Gasteiger partial charge in [-0.3, -0.25) is 4.79 Å². The number of carbonyl (C=O) groups excluding carboxylic acids is 2. The van der Waals surface area contributed by atoms with E-state index in [9.17, 15) is 9.59 Å². The summed E-state index contributed by atoms with van der Waals surface area (Å²) >= 11 is 0. The third-order valence-electron chi connectivity index (χ3n) is 2.57. The molecule has 0 aromatic heterocycles. The van der Waals surface area contributed by atoms with Crippen LogP contribution in [0.3, 0.4) is 0 Å². The molecule has 0 aliphatic rings. The van der Waals surface area contributed by atoms with E-state index < -0.39 is 11.7 Å². The average Bonchev–Trinajstić information content (AvgIpc) is 2.43. The Labute approximate surface area is 136 Å². The second-order valence-corrected chi connectivity index (χ2v) is 5.91. The molecule has 3 N–H and O–H groups in total. The highest BCUT2D eigenvalue weighted by Crippen LogP contribution is 2.13. The molecule has 1 rings (SSSR count). The number of alkyl carbamates (subject to hydrolysis) is 1. The molecule has 0 atom stereocenters. The molecule has 1 aromatic carbocycles. The van der Waals surface area contributed by atoms with Crippen LogP contribution in [0.5, 0.6) is 0 Å². The molecule has 0 heterocycles. The second-order valence-electron chi connectivity index (χ2n) is 5.91. The van der Waals surface area contributed by atoms with Gasteiger partial charge in [0.2, 0.25) is 5.91 Å². The summed E-state index contributed by atoms with van der Waals surface area (Å²) in [7, 11) is 1.47. The molecule has 128 valence electrons. The van der Waals surface area contributed by atoms with Crippen LogP contribution in [0.4, 0.5) is 16.2 Å². The zero-order valence-electron chi connectivity index (χ0n) is 14.1. The number of benzene rings is 1. The van der Waals surface area contributed by atoms with Gasteiger partial charge in [-0.15, -0.1) is 0 Å². The fraction of sp³-hybridized carbons (Fsp3) is 0.500. The van der Waals surface area contributed by atoms with Crippen molar-refractivity contribution in [1.82, 2.24) is 5.32 Å². The topological polar surface area (TPSA) is 88.7 Å². The maximum Gasteiger partial charge on any atom is 0.407 e. The van der Waals surface area contributed by atoms with E-state index in [0.717, 1.165) is 5.69 Å². The molecule has 0 saturated heterocycles. The molecule has 7 heteroatoms. The quantitative estimate of drug-likeness (QED) is 0.670. The minimum atomic E-state index is -0.499. The van der Waals surface area contributed by atoms with Gasteiger partial charge in [-0.1, -0.05) is 0 Å². The van der Waals surface area contributed by atoms with Crippen molar-refractivity contribution in [3.8, 4) is 0 Å². The first-order valence-electron chi connectivity index (χ1n) is 7.40. The van der Waals surface area contributed by atoms with Gasteiger partial charge in [0.05, 0.1) is 0 Å². The van der Waals surface area contributed by atoms with E-state index in [1.807, 2.05) is 32.9 Å². The number of hydrogen-bond donors (Lipinski definition) is 3. The third-order valence-corrected chi connectivity index (χ3v) is 2.57. The van der Waals surface area contributed by atoms with Crippen LogP contribution in [0.15, 0.2) is 24.3 Å². The predicted octanol–water partition coefficient (Wildman–Crippen LogP) is 2.21. The van der Waals surface area contributed by atoms with Crippen molar-refractivity contribution in [1.29, 1.82) is 0 Å². The van der Waals surface area contributed by atoms with Gasteiger partial charge in [0.15, 0.2) is 0 Å². The first-order valence-corrected chi connectivity index (χ1v) is 7.40. The lowest BCUT2D eigenvalue weighted by atomic mass is 10.2. The predicted molar refractivity (Wildman–Crippen MR) is 89.7 cm³/mol. The maximum atomic E-state index is 11.5. The van der Waals surface area contributed by atoms with Crippen molar-refractivity contribution in [2.45, 2.75) is 26.4 Å². The number of anilines is 2. The zero-order chi connectivity index (χ0) is 17.3. The molecule has 0 saturated carbocycles. The minimum Gasteiger partial charge on any atom is -0.444 e. The number of amides is 2. The Morgan fingerprint density at radius 3 is 2.22 bits per heavy atom. The van der Waals surface area contributed by atoms with Crippen molar-refractivity contribution in [3.63, 3.8) is 0 Å². The van der Waals surface area contributed by atoms with E-state index in [4.69, 9.17) is 9.47 Å². The Hall–Kier alpha value is -2.28. The van der Waals surface area contributed by atoms with Gasteiger partial charge in [-0.2, -0.15) is 0 Å². The highest BCUT2D eigenvalue weighted by atomic mass is 16.6. The number of carbonyl (C=O) groups is 2. The van der Waals surface area contributed by atoms with Crippen molar-refractivity contribution in [2.75, 3.05) is 37.4 Å². The van der Waals surface area contributed by atoms with E-state index in [2.05, 4.69) is 16.0 Å². The molecule has 1 aromatic rings. The van der Waals surface area contributed by atoms with E-state index in [0.29, 0.717) is 18.8 Å². The van der Waals surface area contributed by atoms with E-state index in [-0.39, 0.29) is 12.5 Å². The van der Waals surface area contributed by atoms with Crippen LogP contribution < -0.4 is 16.0 Å². The van der Waals surface area contributed by atoms with Crippen molar-refractivity contribution >= 4 is 23.4 Å². The van der Waals surface area contributed by atoms with Gasteiger partial charge in [-0.05, 0) is 45.0 Å². The van der Waals surface area contributed by atoms with Crippen LogP contribution in [0.2, 0.25) is 0 Å². The molecule has 0 spiro atoms. The molecular weight excluding hydrogens is 298 g/mol. The van der Waals surface area contributed by atoms with Crippen LogP contribution >= 0.6 is 0 Å². The van der Waals surface area contributed by atoms with Gasteiger partial charge in [0, 0.05) is 31.6 Å². The summed E-state index contributed by atoms with van der Waals surface area (Å²) in [4.78, 5) is 22.8. The molecule has 0 unspecified atom stereocenters. The van der Waals surface area contributed by atoms with Crippen LogP contribution in [0.1, 0.15) is 20.8 Å². The summed E-state index contributed by atoms with van der Waals surface area (Å²) in [5.41, 5.74) is 1.09. The number of ether oxygens (including phenoxy) is 2. The zero-order valence-corrected chi connectivity index (χ0v) is 14.1. The molecule has 2 amide bonds. The Kier molecular flexibility index (Phi) is 7.34. The summed E-state index contributed by atoms with van der Waals surface area (Å²) < 4.78 is 9.88. The molecule has 7 nitrogen and oxygen atoms in total. The van der Waals surface area contributed by atoms with Gasteiger partial charge in [0.1, 0.15) is 12.2 Å². The SMILES string of the molecule is COCC(=O)Nc1ccc(NCCNC(=O)OC(C)(C)C)cc1. The van der Waals surface area contributed by atoms with Gasteiger partial charge in [-0.25, -0.2) is 4.79 Å². The van der Waals surface area contributed by atoms with Gasteiger partial charge in [0.25, 0.3) is 0 Å². The first kappa shape index (κ1) is 18.8. The van der Waals surface area contributed by atoms with E-state index >= 15 is 0 Å². The fourth-order valence-corrected chi connectivity index (χ4v) is 1.69. The van der Waals surface area contributed by atoms with Crippen molar-refractivity contribution in [3.05, 3.63) is 24.3 Å². The minimum absolute atomic E-state index is 0.0241. The number of methoxy groups -OCH3 is 1. The summed E-state index contributed by atoms with van der Waals surface area (Å²) in [6, 6.07) is 7.26. The largest absolute Gasteiger partial charge is 0.444 e. The van der Waals surface area contributed by atoms with E-state index in [1.54, 1.807) is 12.1 Å². The highest BCUT2D eigenvalue weighted by molar-refractivity contribution is 5.91. The normalized spacial score (nSPS) is 10.8. The number of hydrogen-bond acceptors (Lipinski definition) is 5. The first-order chi connectivity index (χ1) is 10.8. The smallest absolute Gasteiger partial charge is 0.407 e. The maximum absolute atomic E-state index is 11.5. The fourth-order valence-electron chi connectivity index (χ4n) is 1.69. The van der Waals surface area contributed by atoms with Gasteiger partial charge >= 0.3 is 6.09 Å². The van der Waals surface area contributed by atoms with Crippen LogP contribution in [-0.2, 0) is 14.3 Å². The molecule has 0 aliphatic carbocycles. The number of rotatable bonds is 7. The second kappa shape index (κ2) is 8.99. The van der Waals surface area contributed by atoms with E-state index in [1.165, 1.54) is 7.11 Å². The van der Waals surface area contributed by atoms with Crippen molar-refractivity contribution in [2.24, 2.45) is 0 Å². The summed E-state index contributed by atoms with van der Waals surface area (Å²) in [5, 5.41) is 8.54. The summed E-state index contributed by atoms with van der Waals surface area (Å²) in [6.07, 6.45) is -0.435. The Morgan fingerprint density at radius 2 is 1.65 bits per heavy atom. The average molecular weight is 323 g/mol. The Bertz CT molecular complexity index is 509. The molecule has 0 radical (unpaired) electrons. The van der Waals surface area contributed by atoms with Crippen LogP contribution in [0.25, 0.3) is 0 Å². The molecule has 0 aliphatic heterocycles. The molecular formula is C16H25N3O4. The van der Waals surface area contributed by atoms with Crippen LogP contribution in [0, 0.1) is 0 Å². The summed E-state index contributed by atoms with van der Waals surface area (Å²) in [6.45, 7) is 6.49. The van der Waals surface area contributed by atoms with Gasteiger partial charge < -0.3 is 25.4 Å². The summed E-state index contributed by atoms with van der Waals surface area (Å²) in [5.74, 6) is -0.199. The standard InChI is InChI=1S/C16H25N3O4/c1-16(2,3)23-15(21)18-10-9-17-12-5-7-13(8-6-12)19-14(20)11-22-4/h5-8,17H,9-11H2,1-4H3,(H,18,21)(H,19,20). The molecule has 0 fully saturated rings. The molecule has 0 bridgehead atoms. The lowest BCUT2D eigenvalue weighted by molar-refractivity contribution is -0.119. The molecule has 23 heavy (non-hydrogen) atoms. The Balaban J connectivity index is 2.28. The lowest BCUT2D eigenvalue weighted by Gasteiger charge is -2.19. The Morgan fingerprint density at radius 1 is 1.04 bits per heavy atom. The highest BCUT2D eigenvalue weighted by Gasteiger charge is 2.15.